The zero-order valence-corrected chi connectivity index (χ0v) is 25.1. The molecule has 0 saturated heterocycles. The third-order valence-corrected chi connectivity index (χ3v) is 8.24. The molecule has 4 rings (SSSR count). The normalized spacial score (nSPS) is 14.0. The van der Waals surface area contributed by atoms with Crippen LogP contribution < -0.4 is 15.9 Å². The van der Waals surface area contributed by atoms with E-state index in [0.717, 1.165) is 22.7 Å². The van der Waals surface area contributed by atoms with Gasteiger partial charge in [-0.05, 0) is 42.7 Å². The fourth-order valence-corrected chi connectivity index (χ4v) is 5.49. The summed E-state index contributed by atoms with van der Waals surface area (Å²) in [4.78, 5) is 43.0. The van der Waals surface area contributed by atoms with E-state index in [1.165, 1.54) is 6.07 Å². The predicted octanol–water partition coefficient (Wildman–Crippen LogP) is 3.97. The molecular formula is C30H29ClFN5O6S. The molecule has 0 radical (unpaired) electrons. The van der Waals surface area contributed by atoms with Crippen molar-refractivity contribution < 1.29 is 31.9 Å². The van der Waals surface area contributed by atoms with Crippen LogP contribution in [0.4, 0.5) is 9.18 Å². The first kappa shape index (κ1) is 32.3. The van der Waals surface area contributed by atoms with Gasteiger partial charge >= 0.3 is 6.09 Å². The van der Waals surface area contributed by atoms with Crippen molar-refractivity contribution in [1.29, 1.82) is 0 Å². The number of amides is 3. The Labute approximate surface area is 258 Å². The van der Waals surface area contributed by atoms with E-state index >= 15 is 0 Å². The highest BCUT2D eigenvalue weighted by atomic mass is 35.5. The number of carbonyl (C=O) groups is 3. The van der Waals surface area contributed by atoms with Gasteiger partial charge in [-0.15, -0.1) is 4.83 Å². The van der Waals surface area contributed by atoms with Crippen molar-refractivity contribution in [2.24, 2.45) is 10.7 Å². The zero-order valence-electron chi connectivity index (χ0n) is 23.5. The van der Waals surface area contributed by atoms with Gasteiger partial charge in [0.1, 0.15) is 23.2 Å². The molecule has 1 aliphatic rings. The number of nitrogens with two attached hydrogens (primary N) is 1. The van der Waals surface area contributed by atoms with E-state index in [4.69, 9.17) is 22.1 Å². The molecule has 230 valence electrons. The Morgan fingerprint density at radius 3 is 2.45 bits per heavy atom. The number of hydrogen-bond acceptors (Lipinski definition) is 6. The maximum absolute atomic E-state index is 14.2. The van der Waals surface area contributed by atoms with Crippen LogP contribution in [0.3, 0.4) is 0 Å². The fraction of sp³-hybridized carbons (Fsp3) is 0.200. The highest BCUT2D eigenvalue weighted by Gasteiger charge is 2.31. The molecule has 14 heteroatoms. The number of sulfonamides is 1. The second-order valence-corrected chi connectivity index (χ2v) is 11.9. The number of carbonyl (C=O) groups excluding carboxylic acids is 3. The Morgan fingerprint density at radius 1 is 1.07 bits per heavy atom. The summed E-state index contributed by atoms with van der Waals surface area (Å²) < 4.78 is 44.8. The molecule has 11 nitrogen and oxygen atoms in total. The monoisotopic (exact) mass is 641 g/mol. The molecule has 0 saturated carbocycles. The van der Waals surface area contributed by atoms with Crippen LogP contribution in [0.5, 0.6) is 0 Å². The van der Waals surface area contributed by atoms with Gasteiger partial charge in [-0.2, -0.15) is 4.99 Å². The van der Waals surface area contributed by atoms with Crippen molar-refractivity contribution in [2.75, 3.05) is 6.54 Å². The Balaban J connectivity index is 1.30. The maximum Gasteiger partial charge on any atom is 0.435 e. The SMILES string of the molecule is CC1=C(CC(=O)NCc2ccc(C(N)=NC(=O)OCc3ccccc3)cc2)C(=O)N(NS(=O)(=O)c2ccc(Cl)cc2F)CC1. The van der Waals surface area contributed by atoms with Crippen LogP contribution in [-0.2, 0) is 37.5 Å². The van der Waals surface area contributed by atoms with Gasteiger partial charge in [-0.25, -0.2) is 17.6 Å². The standard InChI is InChI=1S/C30H29ClFN5O6S/c1-19-13-14-37(36-44(41,42)26-12-11-23(31)15-25(26)32)29(39)24(19)16-27(38)34-17-20-7-9-22(10-8-20)28(33)35-30(40)43-18-21-5-3-2-4-6-21/h2-12,15,36H,13-14,16-18H2,1H3,(H,34,38)(H2,33,35,40). The minimum absolute atomic E-state index is 0.00769. The first-order valence-electron chi connectivity index (χ1n) is 13.3. The van der Waals surface area contributed by atoms with Crippen molar-refractivity contribution in [3.05, 3.63) is 111 Å². The van der Waals surface area contributed by atoms with E-state index in [0.29, 0.717) is 23.1 Å². The van der Waals surface area contributed by atoms with E-state index in [1.807, 2.05) is 30.3 Å². The van der Waals surface area contributed by atoms with Crippen molar-refractivity contribution >= 4 is 45.4 Å². The first-order valence-corrected chi connectivity index (χ1v) is 15.2. The second kappa shape index (κ2) is 14.3. The molecule has 0 fully saturated rings. The number of nitrogens with zero attached hydrogens (tertiary/aromatic N) is 2. The van der Waals surface area contributed by atoms with Gasteiger partial charge in [0.15, 0.2) is 0 Å². The van der Waals surface area contributed by atoms with Gasteiger partial charge < -0.3 is 15.8 Å². The van der Waals surface area contributed by atoms with E-state index in [9.17, 15) is 27.2 Å². The van der Waals surface area contributed by atoms with Crippen LogP contribution >= 0.6 is 11.6 Å². The summed E-state index contributed by atoms with van der Waals surface area (Å²) in [5.41, 5.74) is 8.71. The number of rotatable bonds is 10. The van der Waals surface area contributed by atoms with E-state index in [-0.39, 0.29) is 42.5 Å². The average Bonchev–Trinajstić information content (AvgIpc) is 2.99. The van der Waals surface area contributed by atoms with Crippen LogP contribution in [0.2, 0.25) is 5.02 Å². The third-order valence-electron chi connectivity index (χ3n) is 6.64. The molecule has 0 aliphatic carbocycles. The summed E-state index contributed by atoms with van der Waals surface area (Å²) in [6.07, 6.45) is -0.807. The summed E-state index contributed by atoms with van der Waals surface area (Å²) in [5, 5.41) is 3.59. The molecule has 3 amide bonds. The number of hydrazine groups is 1. The van der Waals surface area contributed by atoms with Crippen LogP contribution in [0.25, 0.3) is 0 Å². The molecular weight excluding hydrogens is 613 g/mol. The fourth-order valence-electron chi connectivity index (χ4n) is 4.21. The molecule has 4 N–H and O–H groups in total. The van der Waals surface area contributed by atoms with Crippen LogP contribution in [0.1, 0.15) is 36.5 Å². The average molecular weight is 642 g/mol. The summed E-state index contributed by atoms with van der Waals surface area (Å²) in [5.74, 6) is -2.27. The molecule has 0 bridgehead atoms. The summed E-state index contributed by atoms with van der Waals surface area (Å²) in [7, 11) is -4.43. The Morgan fingerprint density at radius 2 is 1.77 bits per heavy atom. The lowest BCUT2D eigenvalue weighted by atomic mass is 9.98. The molecule has 0 aromatic heterocycles. The van der Waals surface area contributed by atoms with Gasteiger partial charge in [0.25, 0.3) is 15.9 Å². The molecule has 0 unspecified atom stereocenters. The molecule has 1 aliphatic heterocycles. The van der Waals surface area contributed by atoms with E-state index in [1.54, 1.807) is 31.2 Å². The lowest BCUT2D eigenvalue weighted by molar-refractivity contribution is -0.131. The molecule has 44 heavy (non-hydrogen) atoms. The lowest BCUT2D eigenvalue weighted by Crippen LogP contribution is -2.49. The smallest absolute Gasteiger partial charge is 0.435 e. The number of nitrogens with one attached hydrogen (secondary N) is 2. The number of benzene rings is 3. The van der Waals surface area contributed by atoms with Crippen LogP contribution in [-0.4, -0.2) is 43.7 Å². The molecule has 1 heterocycles. The minimum atomic E-state index is -4.43. The Hall–Kier alpha value is -4.59. The van der Waals surface area contributed by atoms with Crippen LogP contribution in [0.15, 0.2) is 93.8 Å². The lowest BCUT2D eigenvalue weighted by Gasteiger charge is -2.29. The van der Waals surface area contributed by atoms with Gasteiger partial charge in [0, 0.05) is 29.2 Å². The summed E-state index contributed by atoms with van der Waals surface area (Å²) in [6.45, 7) is 1.89. The largest absolute Gasteiger partial charge is 0.443 e. The quantitative estimate of drug-likeness (QED) is 0.223. The van der Waals surface area contributed by atoms with Gasteiger partial charge in [-0.3, -0.25) is 14.6 Å². The highest BCUT2D eigenvalue weighted by Crippen LogP contribution is 2.23. The topological polar surface area (TPSA) is 160 Å². The van der Waals surface area contributed by atoms with E-state index in [2.05, 4.69) is 15.1 Å². The first-order chi connectivity index (χ1) is 20.9. The molecule has 0 spiro atoms. The molecule has 3 aromatic carbocycles. The second-order valence-electron chi connectivity index (χ2n) is 9.82. The van der Waals surface area contributed by atoms with Crippen molar-refractivity contribution in [2.45, 2.75) is 37.8 Å². The van der Waals surface area contributed by atoms with E-state index < -0.39 is 38.6 Å². The predicted molar refractivity (Wildman–Crippen MR) is 161 cm³/mol. The number of ether oxygens (including phenoxy) is 1. The van der Waals surface area contributed by atoms with Crippen molar-refractivity contribution in [3.63, 3.8) is 0 Å². The van der Waals surface area contributed by atoms with Crippen molar-refractivity contribution in [1.82, 2.24) is 15.2 Å². The number of amidine groups is 1. The minimum Gasteiger partial charge on any atom is -0.443 e. The molecule has 3 aromatic rings. The van der Waals surface area contributed by atoms with Crippen LogP contribution in [0, 0.1) is 5.82 Å². The van der Waals surface area contributed by atoms with Gasteiger partial charge in [0.2, 0.25) is 5.91 Å². The number of halogens is 2. The summed E-state index contributed by atoms with van der Waals surface area (Å²) in [6, 6.07) is 18.9. The third kappa shape index (κ3) is 8.49. The Kier molecular flexibility index (Phi) is 10.5. The number of hydrogen-bond donors (Lipinski definition) is 3. The Bertz CT molecular complexity index is 1730. The van der Waals surface area contributed by atoms with Gasteiger partial charge in [0.05, 0.1) is 6.42 Å². The maximum atomic E-state index is 14.2. The molecule has 0 atom stereocenters. The zero-order chi connectivity index (χ0) is 31.9. The van der Waals surface area contributed by atoms with Gasteiger partial charge in [-0.1, -0.05) is 71.8 Å². The van der Waals surface area contributed by atoms with Crippen molar-refractivity contribution in [3.8, 4) is 0 Å². The number of aliphatic imine (C=N–C) groups is 1. The summed E-state index contributed by atoms with van der Waals surface area (Å²) >= 11 is 5.70. The highest BCUT2D eigenvalue weighted by molar-refractivity contribution is 7.89.